The number of halogens is 1. The van der Waals surface area contributed by atoms with E-state index in [1.165, 1.54) is 27.1 Å². The molecule has 0 unspecified atom stereocenters. The molecule has 0 bridgehead atoms. The third-order valence-electron chi connectivity index (χ3n) is 4.28. The van der Waals surface area contributed by atoms with E-state index in [1.54, 1.807) is 42.0 Å². The largest absolute Gasteiger partial charge is 0.339 e. The maximum Gasteiger partial charge on any atom is 0.252 e. The maximum atomic E-state index is 14.5. The number of alkyl halides is 1. The van der Waals surface area contributed by atoms with E-state index in [4.69, 9.17) is 0 Å². The van der Waals surface area contributed by atoms with E-state index in [0.29, 0.717) is 40.1 Å². The Morgan fingerprint density at radius 1 is 1.13 bits per heavy atom. The van der Waals surface area contributed by atoms with Crippen LogP contribution in [-0.4, -0.2) is 40.4 Å². The van der Waals surface area contributed by atoms with Crippen LogP contribution in [0.4, 0.5) is 21.7 Å². The number of hydrogen-bond donors (Lipinski definition) is 2. The quantitative estimate of drug-likeness (QED) is 0.504. The summed E-state index contributed by atoms with van der Waals surface area (Å²) >= 11 is 0. The fourth-order valence-electron chi connectivity index (χ4n) is 2.91. The molecule has 0 atom stereocenters. The standard InChI is InChI=1S/C20H20FN9O/c1-11-7-17(29-18(25-11)20(3,4)21)27-15-8-16(26-12(2)31)22-9-13(15)14-5-6-30-19(28-14)23-10-24-30/h5-10H,1-4H3,(H2,22,25,26,27,29,31). The van der Waals surface area contributed by atoms with Gasteiger partial charge < -0.3 is 10.6 Å². The summed E-state index contributed by atoms with van der Waals surface area (Å²) in [6.45, 7) is 5.96. The van der Waals surface area contributed by atoms with Crippen molar-refractivity contribution in [3.63, 3.8) is 0 Å². The Hall–Kier alpha value is -4.02. The number of carbonyl (C=O) groups is 1. The number of anilines is 3. The number of nitrogens with zero attached hydrogens (tertiary/aromatic N) is 7. The molecule has 11 heteroatoms. The van der Waals surface area contributed by atoms with Gasteiger partial charge in [-0.25, -0.2) is 28.8 Å². The zero-order chi connectivity index (χ0) is 22.2. The van der Waals surface area contributed by atoms with Crippen LogP contribution in [-0.2, 0) is 10.5 Å². The van der Waals surface area contributed by atoms with E-state index in [1.807, 2.05) is 0 Å². The topological polar surface area (TPSA) is 123 Å². The summed E-state index contributed by atoms with van der Waals surface area (Å²) in [5.41, 5.74) is 0.693. The number of pyridine rings is 1. The average Bonchev–Trinajstić information content (AvgIpc) is 3.14. The molecule has 0 radical (unpaired) electrons. The van der Waals surface area contributed by atoms with Gasteiger partial charge in [-0.1, -0.05) is 0 Å². The molecule has 31 heavy (non-hydrogen) atoms. The second kappa shape index (κ2) is 7.67. The first-order valence-corrected chi connectivity index (χ1v) is 9.45. The third kappa shape index (κ3) is 4.44. The summed E-state index contributed by atoms with van der Waals surface area (Å²) in [7, 11) is 0. The Morgan fingerprint density at radius 2 is 1.94 bits per heavy atom. The van der Waals surface area contributed by atoms with Gasteiger partial charge in [0.15, 0.2) is 11.5 Å². The molecule has 4 aromatic rings. The highest BCUT2D eigenvalue weighted by molar-refractivity contribution is 5.89. The van der Waals surface area contributed by atoms with E-state index in [0.717, 1.165) is 0 Å². The fourth-order valence-corrected chi connectivity index (χ4v) is 2.91. The summed E-state index contributed by atoms with van der Waals surface area (Å²) in [6.07, 6.45) is 4.72. The summed E-state index contributed by atoms with van der Waals surface area (Å²) in [5, 5.41) is 9.89. The van der Waals surface area contributed by atoms with Crippen molar-refractivity contribution in [1.29, 1.82) is 0 Å². The molecule has 2 N–H and O–H groups in total. The number of hydrogen-bond acceptors (Lipinski definition) is 8. The smallest absolute Gasteiger partial charge is 0.252 e. The van der Waals surface area contributed by atoms with Crippen molar-refractivity contribution in [2.24, 2.45) is 0 Å². The molecule has 0 aliphatic heterocycles. The highest BCUT2D eigenvalue weighted by Gasteiger charge is 2.23. The van der Waals surface area contributed by atoms with Gasteiger partial charge in [-0.3, -0.25) is 4.79 Å². The zero-order valence-electron chi connectivity index (χ0n) is 17.4. The molecule has 0 saturated heterocycles. The van der Waals surface area contributed by atoms with Crippen molar-refractivity contribution in [1.82, 2.24) is 34.5 Å². The third-order valence-corrected chi connectivity index (χ3v) is 4.28. The lowest BCUT2D eigenvalue weighted by Crippen LogP contribution is -2.16. The van der Waals surface area contributed by atoms with E-state index in [2.05, 4.69) is 40.7 Å². The van der Waals surface area contributed by atoms with Crippen LogP contribution in [0.3, 0.4) is 0 Å². The number of nitrogens with one attached hydrogen (secondary N) is 2. The monoisotopic (exact) mass is 421 g/mol. The van der Waals surface area contributed by atoms with Gasteiger partial charge in [-0.15, -0.1) is 0 Å². The fraction of sp³-hybridized carbons (Fsp3) is 0.250. The minimum absolute atomic E-state index is 0.0655. The second-order valence-corrected chi connectivity index (χ2v) is 7.43. The Balaban J connectivity index is 1.81. The van der Waals surface area contributed by atoms with Gasteiger partial charge in [-0.2, -0.15) is 10.1 Å². The van der Waals surface area contributed by atoms with Crippen molar-refractivity contribution < 1.29 is 9.18 Å². The number of amides is 1. The SMILES string of the molecule is CC(=O)Nc1cc(Nc2cc(C)nc(C(C)(C)F)n2)c(-c2ccn3ncnc3n2)cn1. The zero-order valence-corrected chi connectivity index (χ0v) is 17.4. The molecule has 4 aromatic heterocycles. The van der Waals surface area contributed by atoms with Gasteiger partial charge in [0.2, 0.25) is 5.91 Å². The first-order chi connectivity index (χ1) is 14.7. The number of carbonyl (C=O) groups excluding carboxylic acids is 1. The van der Waals surface area contributed by atoms with Crippen LogP contribution >= 0.6 is 0 Å². The minimum Gasteiger partial charge on any atom is -0.339 e. The lowest BCUT2D eigenvalue weighted by molar-refractivity contribution is -0.114. The van der Waals surface area contributed by atoms with Crippen LogP contribution in [0.1, 0.15) is 32.3 Å². The average molecular weight is 421 g/mol. The molecule has 0 aliphatic rings. The Labute approximate surface area is 177 Å². The normalized spacial score (nSPS) is 11.5. The van der Waals surface area contributed by atoms with Gasteiger partial charge in [0, 0.05) is 42.7 Å². The first kappa shape index (κ1) is 20.3. The van der Waals surface area contributed by atoms with E-state index in [-0.39, 0.29) is 11.7 Å². The molecule has 0 spiro atoms. The van der Waals surface area contributed by atoms with Gasteiger partial charge in [-0.05, 0) is 26.8 Å². The second-order valence-electron chi connectivity index (χ2n) is 7.43. The molecule has 0 aliphatic carbocycles. The van der Waals surface area contributed by atoms with E-state index in [9.17, 15) is 9.18 Å². The molecule has 1 amide bonds. The summed E-state index contributed by atoms with van der Waals surface area (Å²) in [4.78, 5) is 32.9. The van der Waals surface area contributed by atoms with Crippen LogP contribution in [0.15, 0.2) is 36.9 Å². The van der Waals surface area contributed by atoms with Crippen molar-refractivity contribution in [3.05, 3.63) is 48.4 Å². The van der Waals surface area contributed by atoms with Crippen LogP contribution in [0.2, 0.25) is 0 Å². The summed E-state index contributed by atoms with van der Waals surface area (Å²) < 4.78 is 16.0. The van der Waals surface area contributed by atoms with Crippen LogP contribution in [0, 0.1) is 6.92 Å². The molecule has 0 aromatic carbocycles. The van der Waals surface area contributed by atoms with Crippen molar-refractivity contribution in [2.45, 2.75) is 33.4 Å². The van der Waals surface area contributed by atoms with Crippen LogP contribution < -0.4 is 10.6 Å². The van der Waals surface area contributed by atoms with E-state index >= 15 is 0 Å². The molecule has 4 rings (SSSR count). The first-order valence-electron chi connectivity index (χ1n) is 9.45. The van der Waals surface area contributed by atoms with E-state index < -0.39 is 5.67 Å². The maximum absolute atomic E-state index is 14.5. The minimum atomic E-state index is -1.70. The molecule has 0 fully saturated rings. The van der Waals surface area contributed by atoms with Crippen molar-refractivity contribution >= 4 is 29.0 Å². The van der Waals surface area contributed by atoms with Crippen LogP contribution in [0.25, 0.3) is 17.0 Å². The number of fused-ring (bicyclic) bond motifs is 1. The molecule has 0 saturated carbocycles. The molecule has 158 valence electrons. The lowest BCUT2D eigenvalue weighted by atomic mass is 10.1. The molecular weight excluding hydrogens is 401 g/mol. The Morgan fingerprint density at radius 3 is 2.68 bits per heavy atom. The van der Waals surface area contributed by atoms with Gasteiger partial charge in [0.1, 0.15) is 18.0 Å². The summed E-state index contributed by atoms with van der Waals surface area (Å²) in [6, 6.07) is 5.13. The predicted molar refractivity (Wildman–Crippen MR) is 113 cm³/mol. The highest BCUT2D eigenvalue weighted by Crippen LogP contribution is 2.31. The van der Waals surface area contributed by atoms with Crippen molar-refractivity contribution in [3.8, 4) is 11.3 Å². The van der Waals surface area contributed by atoms with Gasteiger partial charge in [0.05, 0.1) is 11.4 Å². The van der Waals surface area contributed by atoms with Gasteiger partial charge >= 0.3 is 0 Å². The molecular formula is C20H20FN9O. The number of rotatable bonds is 5. The molecule has 10 nitrogen and oxygen atoms in total. The number of aromatic nitrogens is 7. The van der Waals surface area contributed by atoms with Gasteiger partial charge in [0.25, 0.3) is 5.78 Å². The highest BCUT2D eigenvalue weighted by atomic mass is 19.1. The molecule has 4 heterocycles. The van der Waals surface area contributed by atoms with Crippen molar-refractivity contribution in [2.75, 3.05) is 10.6 Å². The Bertz CT molecular complexity index is 1280. The predicted octanol–water partition coefficient (Wildman–Crippen LogP) is 3.19. The summed E-state index contributed by atoms with van der Waals surface area (Å²) in [5.74, 6) is 0.982. The van der Waals surface area contributed by atoms with Crippen LogP contribution in [0.5, 0.6) is 0 Å². The Kier molecular flexibility index (Phi) is 5.01. The lowest BCUT2D eigenvalue weighted by Gasteiger charge is -2.17. The number of aryl methyl sites for hydroxylation is 1.